The smallest absolute Gasteiger partial charge is 0.252 e. The summed E-state index contributed by atoms with van der Waals surface area (Å²) in [6, 6.07) is 16.8. The summed E-state index contributed by atoms with van der Waals surface area (Å²) >= 11 is 7.29. The molecule has 1 aliphatic rings. The van der Waals surface area contributed by atoms with Gasteiger partial charge in [-0.05, 0) is 47.8 Å². The number of hydrogen-bond donors (Lipinski definition) is 0. The highest BCUT2D eigenvalue weighted by Crippen LogP contribution is 2.31. The van der Waals surface area contributed by atoms with Crippen LogP contribution in [-0.4, -0.2) is 30.6 Å². The van der Waals surface area contributed by atoms with Crippen molar-refractivity contribution in [3.8, 4) is 0 Å². The highest BCUT2D eigenvalue weighted by Gasteiger charge is 2.47. The third kappa shape index (κ3) is 3.91. The number of carbonyl (C=O) groups excluding carboxylic acids is 2. The second kappa shape index (κ2) is 8.31. The fraction of sp³-hybridized carbons (Fsp3) is 0.143. The van der Waals surface area contributed by atoms with Crippen molar-refractivity contribution in [1.82, 2.24) is 4.31 Å². The fourth-order valence-corrected chi connectivity index (χ4v) is 5.82. The van der Waals surface area contributed by atoms with Gasteiger partial charge in [0.2, 0.25) is 15.9 Å². The molecule has 4 rings (SSSR count). The maximum Gasteiger partial charge on any atom is 0.252 e. The second-order valence-corrected chi connectivity index (χ2v) is 10.1. The molecule has 2 amide bonds. The van der Waals surface area contributed by atoms with E-state index in [1.54, 1.807) is 36.4 Å². The molecular weight excluding hydrogens is 444 g/mol. The monoisotopic (exact) mass is 460 g/mol. The van der Waals surface area contributed by atoms with Crippen LogP contribution in [0.25, 0.3) is 0 Å². The van der Waals surface area contributed by atoms with E-state index in [1.165, 1.54) is 35.6 Å². The van der Waals surface area contributed by atoms with E-state index in [4.69, 9.17) is 11.6 Å². The van der Waals surface area contributed by atoms with Crippen molar-refractivity contribution < 1.29 is 18.0 Å². The van der Waals surface area contributed by atoms with Crippen molar-refractivity contribution in [3.05, 3.63) is 82.0 Å². The normalized spacial score (nSPS) is 17.1. The largest absolute Gasteiger partial charge is 0.274 e. The number of hydrogen-bond acceptors (Lipinski definition) is 5. The van der Waals surface area contributed by atoms with Crippen molar-refractivity contribution in [1.29, 1.82) is 0 Å². The van der Waals surface area contributed by atoms with E-state index in [2.05, 4.69) is 0 Å². The first-order valence-electron chi connectivity index (χ1n) is 9.09. The zero-order chi connectivity index (χ0) is 21.3. The number of rotatable bonds is 6. The molecular formula is C21H17ClN2O4S2. The lowest BCUT2D eigenvalue weighted by molar-refractivity contribution is -0.122. The molecule has 1 atom stereocenters. The minimum atomic E-state index is -4.06. The van der Waals surface area contributed by atoms with E-state index in [0.717, 1.165) is 14.1 Å². The van der Waals surface area contributed by atoms with Gasteiger partial charge in [0, 0.05) is 16.4 Å². The number of imide groups is 1. The molecule has 0 bridgehead atoms. The number of halogens is 1. The number of carbonyl (C=O) groups is 2. The van der Waals surface area contributed by atoms with Crippen molar-refractivity contribution >= 4 is 50.5 Å². The Kier molecular flexibility index (Phi) is 5.75. The summed E-state index contributed by atoms with van der Waals surface area (Å²) in [4.78, 5) is 27.7. The molecule has 154 valence electrons. The molecule has 3 aromatic rings. The van der Waals surface area contributed by atoms with Gasteiger partial charge in [0.1, 0.15) is 6.04 Å². The highest BCUT2D eigenvalue weighted by molar-refractivity contribution is 7.89. The fourth-order valence-electron chi connectivity index (χ4n) is 3.35. The highest BCUT2D eigenvalue weighted by atomic mass is 35.5. The predicted molar refractivity (Wildman–Crippen MR) is 116 cm³/mol. The van der Waals surface area contributed by atoms with Crippen molar-refractivity contribution in [2.24, 2.45) is 0 Å². The van der Waals surface area contributed by atoms with Gasteiger partial charge in [-0.2, -0.15) is 4.31 Å². The molecule has 9 heteroatoms. The molecule has 6 nitrogen and oxygen atoms in total. The van der Waals surface area contributed by atoms with Gasteiger partial charge >= 0.3 is 0 Å². The molecule has 2 heterocycles. The summed E-state index contributed by atoms with van der Waals surface area (Å²) < 4.78 is 28.0. The molecule has 30 heavy (non-hydrogen) atoms. The van der Waals surface area contributed by atoms with Gasteiger partial charge in [0.25, 0.3) is 5.91 Å². The second-order valence-electron chi connectivity index (χ2n) is 6.71. The number of thiophene rings is 1. The maximum absolute atomic E-state index is 13.5. The summed E-state index contributed by atoms with van der Waals surface area (Å²) in [6.45, 7) is -0.00502. The Morgan fingerprint density at radius 1 is 1.00 bits per heavy atom. The van der Waals surface area contributed by atoms with Gasteiger partial charge in [0.05, 0.1) is 17.0 Å². The lowest BCUT2D eigenvalue weighted by atomic mass is 10.2. The predicted octanol–water partition coefficient (Wildman–Crippen LogP) is 3.92. The maximum atomic E-state index is 13.5. The van der Waals surface area contributed by atoms with Crippen LogP contribution in [-0.2, 0) is 26.2 Å². The summed E-state index contributed by atoms with van der Waals surface area (Å²) in [6.07, 6.45) is -0.216. The number of amides is 2. The molecule has 0 aliphatic carbocycles. The molecule has 0 radical (unpaired) electrons. The van der Waals surface area contributed by atoms with E-state index < -0.39 is 27.9 Å². The molecule has 1 fully saturated rings. The standard InChI is InChI=1S/C21H17ClN2O4S2/c22-15-8-10-18(11-9-15)30(27,28)23(14-17-7-4-12-29-17)19-13-20(25)24(21(19)26)16-5-2-1-3-6-16/h1-12,19H,13-14H2. The summed E-state index contributed by atoms with van der Waals surface area (Å²) in [7, 11) is -4.06. The van der Waals surface area contributed by atoms with Crippen LogP contribution < -0.4 is 4.90 Å². The van der Waals surface area contributed by atoms with Crippen LogP contribution in [0.3, 0.4) is 0 Å². The van der Waals surface area contributed by atoms with Gasteiger partial charge in [0.15, 0.2) is 0 Å². The Morgan fingerprint density at radius 2 is 1.70 bits per heavy atom. The van der Waals surface area contributed by atoms with E-state index in [-0.39, 0.29) is 17.9 Å². The van der Waals surface area contributed by atoms with Crippen LogP contribution >= 0.6 is 22.9 Å². The Morgan fingerprint density at radius 3 is 2.33 bits per heavy atom. The van der Waals surface area contributed by atoms with E-state index in [9.17, 15) is 18.0 Å². The van der Waals surface area contributed by atoms with Crippen LogP contribution in [0.2, 0.25) is 5.02 Å². The quantitative estimate of drug-likeness (QED) is 0.522. The lowest BCUT2D eigenvalue weighted by Crippen LogP contribution is -2.44. The van der Waals surface area contributed by atoms with Gasteiger partial charge in [-0.25, -0.2) is 13.3 Å². The minimum absolute atomic E-state index is 0.00502. The summed E-state index contributed by atoms with van der Waals surface area (Å²) in [5.41, 5.74) is 0.426. The summed E-state index contributed by atoms with van der Waals surface area (Å²) in [5, 5.41) is 2.24. The number of anilines is 1. The first kappa shape index (κ1) is 20.7. The molecule has 1 aliphatic heterocycles. The molecule has 0 N–H and O–H groups in total. The molecule has 1 aromatic heterocycles. The molecule has 0 saturated carbocycles. The van der Waals surface area contributed by atoms with Gasteiger partial charge in [-0.1, -0.05) is 35.9 Å². The third-order valence-corrected chi connectivity index (χ3v) is 7.78. The van der Waals surface area contributed by atoms with Crippen molar-refractivity contribution in [2.75, 3.05) is 4.90 Å². The van der Waals surface area contributed by atoms with Crippen LogP contribution in [0.4, 0.5) is 5.69 Å². The van der Waals surface area contributed by atoms with Gasteiger partial charge in [-0.15, -0.1) is 11.3 Å². The molecule has 2 aromatic carbocycles. The molecule has 0 spiro atoms. The number of sulfonamides is 1. The topological polar surface area (TPSA) is 74.8 Å². The Hall–Kier alpha value is -2.52. The first-order valence-corrected chi connectivity index (χ1v) is 11.8. The zero-order valence-electron chi connectivity index (χ0n) is 15.6. The molecule has 1 saturated heterocycles. The average molecular weight is 461 g/mol. The Balaban J connectivity index is 1.74. The molecule has 1 unspecified atom stereocenters. The Labute approximate surface area is 183 Å². The minimum Gasteiger partial charge on any atom is -0.274 e. The Bertz CT molecular complexity index is 1160. The van der Waals surface area contributed by atoms with E-state index in [1.807, 2.05) is 11.4 Å². The van der Waals surface area contributed by atoms with Crippen LogP contribution in [0.5, 0.6) is 0 Å². The van der Waals surface area contributed by atoms with Crippen molar-refractivity contribution in [2.45, 2.75) is 23.9 Å². The zero-order valence-corrected chi connectivity index (χ0v) is 18.0. The first-order chi connectivity index (χ1) is 14.4. The van der Waals surface area contributed by atoms with E-state index >= 15 is 0 Å². The summed E-state index contributed by atoms with van der Waals surface area (Å²) in [5.74, 6) is -0.987. The van der Waals surface area contributed by atoms with Gasteiger partial charge in [-0.3, -0.25) is 9.59 Å². The van der Waals surface area contributed by atoms with Crippen LogP contribution in [0.15, 0.2) is 77.0 Å². The van der Waals surface area contributed by atoms with Crippen LogP contribution in [0.1, 0.15) is 11.3 Å². The average Bonchev–Trinajstić information content (AvgIpc) is 3.34. The number of para-hydroxylation sites is 1. The SMILES string of the molecule is O=C1CC(N(Cc2cccs2)S(=O)(=O)c2ccc(Cl)cc2)C(=O)N1c1ccccc1. The third-order valence-electron chi connectivity index (χ3n) is 4.80. The number of benzene rings is 2. The van der Waals surface area contributed by atoms with Gasteiger partial charge < -0.3 is 0 Å². The van der Waals surface area contributed by atoms with Crippen LogP contribution in [0, 0.1) is 0 Å². The lowest BCUT2D eigenvalue weighted by Gasteiger charge is -2.26. The van der Waals surface area contributed by atoms with Crippen molar-refractivity contribution in [3.63, 3.8) is 0 Å². The number of nitrogens with zero attached hydrogens (tertiary/aromatic N) is 2. The van der Waals surface area contributed by atoms with E-state index in [0.29, 0.717) is 10.7 Å².